The van der Waals surface area contributed by atoms with Crippen molar-refractivity contribution in [3.8, 4) is 0 Å². The predicted molar refractivity (Wildman–Crippen MR) is 58.3 cm³/mol. The van der Waals surface area contributed by atoms with Gasteiger partial charge in [0.05, 0.1) is 0 Å². The molecule has 0 aromatic heterocycles. The predicted octanol–water partition coefficient (Wildman–Crippen LogP) is 3.65. The second kappa shape index (κ2) is 8.34. The average Bonchev–Trinajstić information content (AvgIpc) is 2.02. The van der Waals surface area contributed by atoms with Gasteiger partial charge in [-0.1, -0.05) is 40.0 Å². The van der Waals surface area contributed by atoms with Gasteiger partial charge in [0.25, 0.3) is 0 Å². The fourth-order valence-electron chi connectivity index (χ4n) is 1.49. The third kappa shape index (κ3) is 8.61. The van der Waals surface area contributed by atoms with Crippen molar-refractivity contribution in [2.24, 2.45) is 5.92 Å². The van der Waals surface area contributed by atoms with E-state index in [9.17, 15) is 4.57 Å². The van der Waals surface area contributed by atoms with Gasteiger partial charge in [0.1, 0.15) is 6.10 Å². The van der Waals surface area contributed by atoms with Crippen LogP contribution in [0.4, 0.5) is 0 Å². The van der Waals surface area contributed by atoms with Crippen LogP contribution in [-0.2, 0) is 9.09 Å². The fraction of sp³-hybridized carbons (Fsp3) is 1.00. The maximum Gasteiger partial charge on any atom is 0.694 e. The van der Waals surface area contributed by atoms with Gasteiger partial charge in [-0.3, -0.25) is 0 Å². The van der Waals surface area contributed by atoms with Gasteiger partial charge >= 0.3 is 8.25 Å². The van der Waals surface area contributed by atoms with Crippen molar-refractivity contribution in [2.75, 3.05) is 0 Å². The number of rotatable bonds is 8. The van der Waals surface area contributed by atoms with E-state index < -0.39 is 8.25 Å². The molecule has 0 radical (unpaired) electrons. The fourth-order valence-corrected chi connectivity index (χ4v) is 1.94. The Hall–Kier alpha value is 0.0200. The van der Waals surface area contributed by atoms with Crippen LogP contribution in [0.2, 0.25) is 0 Å². The topological polar surface area (TPSA) is 46.5 Å². The number of unbranched alkanes of at least 4 members (excludes halogenated alkanes) is 2. The first-order valence-electron chi connectivity index (χ1n) is 5.39. The molecule has 2 atom stereocenters. The lowest BCUT2D eigenvalue weighted by Crippen LogP contribution is -2.12. The summed E-state index contributed by atoms with van der Waals surface area (Å²) in [6, 6.07) is 0. The van der Waals surface area contributed by atoms with Crippen molar-refractivity contribution in [2.45, 2.75) is 59.0 Å². The summed E-state index contributed by atoms with van der Waals surface area (Å²) in [4.78, 5) is 8.68. The second-order valence-corrected chi connectivity index (χ2v) is 4.78. The normalized spacial score (nSPS) is 14.5. The molecule has 0 saturated heterocycles. The van der Waals surface area contributed by atoms with Crippen LogP contribution in [0.15, 0.2) is 0 Å². The van der Waals surface area contributed by atoms with Crippen LogP contribution < -0.4 is 0 Å². The molecule has 0 aliphatic rings. The zero-order chi connectivity index (χ0) is 11.0. The summed E-state index contributed by atoms with van der Waals surface area (Å²) in [6.45, 7) is 6.34. The van der Waals surface area contributed by atoms with Gasteiger partial charge in [-0.15, -0.1) is 9.42 Å². The van der Waals surface area contributed by atoms with Gasteiger partial charge in [0.2, 0.25) is 0 Å². The standard InChI is InChI=1S/C10H21O3P/c1-4-5-6-7-10(8-9(2)3)13-14(11)12/h9-10H,4-8H2,1-3H3/p+1. The monoisotopic (exact) mass is 221 g/mol. The molecule has 0 aromatic rings. The molecule has 0 fully saturated rings. The third-order valence-corrected chi connectivity index (χ3v) is 2.58. The van der Waals surface area contributed by atoms with E-state index in [1.807, 2.05) is 0 Å². The van der Waals surface area contributed by atoms with Gasteiger partial charge in [0.15, 0.2) is 0 Å². The molecular weight excluding hydrogens is 199 g/mol. The van der Waals surface area contributed by atoms with Crippen molar-refractivity contribution in [3.63, 3.8) is 0 Å². The van der Waals surface area contributed by atoms with Crippen LogP contribution in [0.1, 0.15) is 52.9 Å². The van der Waals surface area contributed by atoms with E-state index in [0.29, 0.717) is 5.92 Å². The van der Waals surface area contributed by atoms with E-state index in [1.165, 1.54) is 12.8 Å². The van der Waals surface area contributed by atoms with Crippen LogP contribution >= 0.6 is 8.25 Å². The van der Waals surface area contributed by atoms with E-state index in [2.05, 4.69) is 20.8 Å². The van der Waals surface area contributed by atoms with Gasteiger partial charge in [-0.25, -0.2) is 0 Å². The van der Waals surface area contributed by atoms with Gasteiger partial charge in [-0.05, 0) is 18.8 Å². The third-order valence-electron chi connectivity index (χ3n) is 2.10. The quantitative estimate of drug-likeness (QED) is 0.502. The highest BCUT2D eigenvalue weighted by molar-refractivity contribution is 7.32. The lowest BCUT2D eigenvalue weighted by Gasteiger charge is -2.12. The van der Waals surface area contributed by atoms with Gasteiger partial charge < -0.3 is 0 Å². The van der Waals surface area contributed by atoms with E-state index >= 15 is 0 Å². The van der Waals surface area contributed by atoms with E-state index in [0.717, 1.165) is 19.3 Å². The lowest BCUT2D eigenvalue weighted by atomic mass is 10.0. The van der Waals surface area contributed by atoms with Crippen molar-refractivity contribution in [1.82, 2.24) is 0 Å². The maximum atomic E-state index is 10.5. The largest absolute Gasteiger partial charge is 0.694 e. The molecular formula is C10H22O3P+. The Morgan fingerprint density at radius 1 is 1.36 bits per heavy atom. The van der Waals surface area contributed by atoms with Crippen molar-refractivity contribution in [1.29, 1.82) is 0 Å². The van der Waals surface area contributed by atoms with Gasteiger partial charge in [-0.2, -0.15) is 0 Å². The summed E-state index contributed by atoms with van der Waals surface area (Å²) in [5.74, 6) is 0.511. The van der Waals surface area contributed by atoms with Crippen molar-refractivity contribution < 1.29 is 14.0 Å². The summed E-state index contributed by atoms with van der Waals surface area (Å²) in [7, 11) is -2.44. The molecule has 1 N–H and O–H groups in total. The lowest BCUT2D eigenvalue weighted by molar-refractivity contribution is 0.152. The molecule has 0 rings (SSSR count). The Balaban J connectivity index is 3.78. The van der Waals surface area contributed by atoms with Crippen LogP contribution in [0.25, 0.3) is 0 Å². The summed E-state index contributed by atoms with van der Waals surface area (Å²) >= 11 is 0. The van der Waals surface area contributed by atoms with Crippen LogP contribution in [-0.4, -0.2) is 11.0 Å². The molecule has 0 saturated carbocycles. The molecule has 2 unspecified atom stereocenters. The Morgan fingerprint density at radius 3 is 2.43 bits per heavy atom. The number of hydrogen-bond donors (Lipinski definition) is 1. The summed E-state index contributed by atoms with van der Waals surface area (Å²) in [6.07, 6.45) is 5.13. The average molecular weight is 221 g/mol. The second-order valence-electron chi connectivity index (χ2n) is 4.09. The highest BCUT2D eigenvalue weighted by Gasteiger charge is 2.23. The zero-order valence-corrected chi connectivity index (χ0v) is 10.3. The summed E-state index contributed by atoms with van der Waals surface area (Å²) in [5, 5.41) is 0. The molecule has 0 aliphatic heterocycles. The molecule has 4 heteroatoms. The van der Waals surface area contributed by atoms with Crippen LogP contribution in [0.3, 0.4) is 0 Å². The minimum absolute atomic E-state index is 0.0461. The van der Waals surface area contributed by atoms with E-state index in [-0.39, 0.29) is 6.10 Å². The maximum absolute atomic E-state index is 10.5. The highest BCUT2D eigenvalue weighted by atomic mass is 31.1. The molecule has 3 nitrogen and oxygen atoms in total. The molecule has 0 aliphatic carbocycles. The highest BCUT2D eigenvalue weighted by Crippen LogP contribution is 2.25. The van der Waals surface area contributed by atoms with Crippen LogP contribution in [0, 0.1) is 5.92 Å². The first kappa shape index (κ1) is 14.0. The summed E-state index contributed by atoms with van der Waals surface area (Å²) in [5.41, 5.74) is 0. The SMILES string of the molecule is CCCCCC(CC(C)C)O[P+](=O)O. The molecule has 0 amide bonds. The molecule has 0 spiro atoms. The summed E-state index contributed by atoms with van der Waals surface area (Å²) < 4.78 is 15.5. The zero-order valence-electron chi connectivity index (χ0n) is 9.40. The molecule has 84 valence electrons. The molecule has 14 heavy (non-hydrogen) atoms. The van der Waals surface area contributed by atoms with Crippen molar-refractivity contribution in [3.05, 3.63) is 0 Å². The molecule has 0 heterocycles. The van der Waals surface area contributed by atoms with Crippen LogP contribution in [0.5, 0.6) is 0 Å². The molecule has 0 bridgehead atoms. The van der Waals surface area contributed by atoms with E-state index in [4.69, 9.17) is 9.42 Å². The first-order chi connectivity index (χ1) is 6.56. The minimum atomic E-state index is -2.44. The van der Waals surface area contributed by atoms with Crippen molar-refractivity contribution >= 4 is 8.25 Å². The Morgan fingerprint density at radius 2 is 2.00 bits per heavy atom. The first-order valence-corrected chi connectivity index (χ1v) is 6.52. The Bertz CT molecular complexity index is 159. The minimum Gasteiger partial charge on any atom is -0.133 e. The smallest absolute Gasteiger partial charge is 0.133 e. The molecule has 0 aromatic carbocycles. The van der Waals surface area contributed by atoms with Gasteiger partial charge in [0, 0.05) is 4.57 Å². The van der Waals surface area contributed by atoms with E-state index in [1.54, 1.807) is 0 Å². The number of hydrogen-bond acceptors (Lipinski definition) is 2. The Kier molecular flexibility index (Phi) is 8.35. The Labute approximate surface area is 87.8 Å².